The van der Waals surface area contributed by atoms with Crippen LogP contribution in [-0.2, 0) is 4.79 Å². The van der Waals surface area contributed by atoms with E-state index in [0.29, 0.717) is 12.6 Å². The van der Waals surface area contributed by atoms with Crippen LogP contribution in [0.1, 0.15) is 44.9 Å². The fourth-order valence-corrected chi connectivity index (χ4v) is 2.94. The second-order valence-corrected chi connectivity index (χ2v) is 6.31. The molecule has 19 heavy (non-hydrogen) atoms. The molecule has 0 aromatic carbocycles. The van der Waals surface area contributed by atoms with Crippen molar-refractivity contribution in [2.24, 2.45) is 5.73 Å². The zero-order valence-corrected chi connectivity index (χ0v) is 12.9. The van der Waals surface area contributed by atoms with Gasteiger partial charge >= 0.3 is 0 Å². The van der Waals surface area contributed by atoms with Crippen molar-refractivity contribution in [3.8, 4) is 0 Å². The van der Waals surface area contributed by atoms with Crippen molar-refractivity contribution in [2.45, 2.75) is 57.0 Å². The van der Waals surface area contributed by atoms with Crippen LogP contribution in [0.2, 0.25) is 0 Å². The fraction of sp³-hybridized carbons (Fsp3) is 0.929. The molecule has 0 bridgehead atoms. The molecular formula is C14H29N3OS. The molecule has 4 nitrogen and oxygen atoms in total. The molecule has 0 spiro atoms. The van der Waals surface area contributed by atoms with Gasteiger partial charge in [-0.25, -0.2) is 0 Å². The summed E-state index contributed by atoms with van der Waals surface area (Å²) < 4.78 is 0. The Bertz CT molecular complexity index is 243. The summed E-state index contributed by atoms with van der Waals surface area (Å²) in [4.78, 5) is 11.7. The third kappa shape index (κ3) is 7.80. The molecule has 4 N–H and O–H groups in total. The minimum absolute atomic E-state index is 0.0169. The van der Waals surface area contributed by atoms with Crippen LogP contribution in [0, 0.1) is 0 Å². The summed E-state index contributed by atoms with van der Waals surface area (Å²) >= 11 is 1.72. The van der Waals surface area contributed by atoms with E-state index in [4.69, 9.17) is 5.73 Å². The molecule has 1 amide bonds. The van der Waals surface area contributed by atoms with Crippen LogP contribution in [0.4, 0.5) is 0 Å². The Kier molecular flexibility index (Phi) is 9.30. The average molecular weight is 287 g/mol. The number of carbonyl (C=O) groups is 1. The summed E-state index contributed by atoms with van der Waals surface area (Å²) in [6.45, 7) is 1.54. The molecule has 1 fully saturated rings. The zero-order valence-electron chi connectivity index (χ0n) is 12.1. The first-order valence-corrected chi connectivity index (χ1v) is 8.89. The lowest BCUT2D eigenvalue weighted by molar-refractivity contribution is -0.122. The first-order valence-electron chi connectivity index (χ1n) is 7.49. The monoisotopic (exact) mass is 287 g/mol. The zero-order chi connectivity index (χ0) is 13.9. The van der Waals surface area contributed by atoms with Gasteiger partial charge in [0.2, 0.25) is 5.91 Å². The second kappa shape index (κ2) is 10.5. The van der Waals surface area contributed by atoms with Crippen molar-refractivity contribution < 1.29 is 4.79 Å². The standard InChI is InChI=1S/C14H29N3OS/c1-19-11-8-13(15)14(18)17-10-9-16-12-6-4-2-3-5-7-12/h12-13,16H,2-11,15H2,1H3,(H,17,18)/t13-/m0/s1. The predicted molar refractivity (Wildman–Crippen MR) is 83.5 cm³/mol. The van der Waals surface area contributed by atoms with Gasteiger partial charge in [0.05, 0.1) is 6.04 Å². The van der Waals surface area contributed by atoms with Gasteiger partial charge in [-0.1, -0.05) is 25.7 Å². The number of hydrogen-bond acceptors (Lipinski definition) is 4. The van der Waals surface area contributed by atoms with Crippen molar-refractivity contribution in [3.63, 3.8) is 0 Å². The van der Waals surface area contributed by atoms with Gasteiger partial charge in [-0.2, -0.15) is 11.8 Å². The molecule has 1 aliphatic rings. The highest BCUT2D eigenvalue weighted by molar-refractivity contribution is 7.98. The van der Waals surface area contributed by atoms with Crippen molar-refractivity contribution in [1.29, 1.82) is 0 Å². The number of carbonyl (C=O) groups excluding carboxylic acids is 1. The van der Waals surface area contributed by atoms with Gasteiger partial charge < -0.3 is 16.4 Å². The normalized spacial score (nSPS) is 18.8. The molecule has 0 radical (unpaired) electrons. The highest BCUT2D eigenvalue weighted by Gasteiger charge is 2.13. The smallest absolute Gasteiger partial charge is 0.236 e. The van der Waals surface area contributed by atoms with Gasteiger partial charge in [-0.3, -0.25) is 4.79 Å². The Labute approximate surface area is 121 Å². The van der Waals surface area contributed by atoms with Gasteiger partial charge in [-0.15, -0.1) is 0 Å². The van der Waals surface area contributed by atoms with E-state index in [1.807, 2.05) is 6.26 Å². The van der Waals surface area contributed by atoms with E-state index in [0.717, 1.165) is 18.7 Å². The molecule has 1 atom stereocenters. The Morgan fingerprint density at radius 2 is 1.95 bits per heavy atom. The van der Waals surface area contributed by atoms with E-state index in [9.17, 15) is 4.79 Å². The SMILES string of the molecule is CSCC[C@H](N)C(=O)NCCNC1CCCCCC1. The summed E-state index contributed by atoms with van der Waals surface area (Å²) in [5.41, 5.74) is 5.80. The Morgan fingerprint density at radius 1 is 1.26 bits per heavy atom. The van der Waals surface area contributed by atoms with Crippen LogP contribution in [0.5, 0.6) is 0 Å². The maximum absolute atomic E-state index is 11.7. The van der Waals surface area contributed by atoms with Crippen molar-refractivity contribution >= 4 is 17.7 Å². The first-order chi connectivity index (χ1) is 9.24. The molecule has 0 saturated heterocycles. The number of nitrogens with one attached hydrogen (secondary N) is 2. The van der Waals surface area contributed by atoms with Crippen LogP contribution >= 0.6 is 11.8 Å². The number of amides is 1. The highest BCUT2D eigenvalue weighted by atomic mass is 32.2. The van der Waals surface area contributed by atoms with Crippen LogP contribution in [0.25, 0.3) is 0 Å². The molecule has 0 aromatic rings. The van der Waals surface area contributed by atoms with Crippen LogP contribution in [-0.4, -0.2) is 43.1 Å². The van der Waals surface area contributed by atoms with Gasteiger partial charge in [-0.05, 0) is 31.3 Å². The Hall–Kier alpha value is -0.260. The number of thioether (sulfide) groups is 1. The van der Waals surface area contributed by atoms with E-state index in [-0.39, 0.29) is 11.9 Å². The van der Waals surface area contributed by atoms with Gasteiger partial charge in [0, 0.05) is 19.1 Å². The molecule has 112 valence electrons. The third-order valence-electron chi connectivity index (χ3n) is 3.68. The summed E-state index contributed by atoms with van der Waals surface area (Å²) in [5.74, 6) is 0.922. The van der Waals surface area contributed by atoms with E-state index >= 15 is 0 Å². The Balaban J connectivity index is 2.04. The van der Waals surface area contributed by atoms with Crippen LogP contribution in [0.15, 0.2) is 0 Å². The maximum Gasteiger partial charge on any atom is 0.236 e. The number of hydrogen-bond donors (Lipinski definition) is 3. The summed E-state index contributed by atoms with van der Waals surface area (Å²) in [7, 11) is 0. The third-order valence-corrected chi connectivity index (χ3v) is 4.33. The van der Waals surface area contributed by atoms with Gasteiger partial charge in [0.15, 0.2) is 0 Å². The van der Waals surface area contributed by atoms with Crippen molar-refractivity contribution in [2.75, 3.05) is 25.1 Å². The molecule has 1 saturated carbocycles. The Morgan fingerprint density at radius 3 is 2.58 bits per heavy atom. The molecule has 5 heteroatoms. The topological polar surface area (TPSA) is 67.2 Å². The van der Waals surface area contributed by atoms with E-state index in [2.05, 4.69) is 10.6 Å². The van der Waals surface area contributed by atoms with Gasteiger partial charge in [0.1, 0.15) is 0 Å². The van der Waals surface area contributed by atoms with Gasteiger partial charge in [0.25, 0.3) is 0 Å². The quantitative estimate of drug-likeness (QED) is 0.467. The number of nitrogens with two attached hydrogens (primary N) is 1. The lowest BCUT2D eigenvalue weighted by Crippen LogP contribution is -2.44. The van der Waals surface area contributed by atoms with E-state index < -0.39 is 0 Å². The van der Waals surface area contributed by atoms with Crippen LogP contribution < -0.4 is 16.4 Å². The molecule has 0 unspecified atom stereocenters. The lowest BCUT2D eigenvalue weighted by atomic mass is 10.1. The summed E-state index contributed by atoms with van der Waals surface area (Å²) in [5, 5.41) is 6.45. The average Bonchev–Trinajstić information content (AvgIpc) is 2.69. The number of rotatable bonds is 8. The second-order valence-electron chi connectivity index (χ2n) is 5.32. The van der Waals surface area contributed by atoms with E-state index in [1.165, 1.54) is 38.5 Å². The minimum Gasteiger partial charge on any atom is -0.353 e. The molecule has 0 aliphatic heterocycles. The highest BCUT2D eigenvalue weighted by Crippen LogP contribution is 2.16. The molecule has 0 heterocycles. The maximum atomic E-state index is 11.7. The van der Waals surface area contributed by atoms with Crippen molar-refractivity contribution in [3.05, 3.63) is 0 Å². The summed E-state index contributed by atoms with van der Waals surface area (Å²) in [6, 6.07) is 0.287. The molecule has 0 aromatic heterocycles. The first kappa shape index (κ1) is 16.8. The summed E-state index contributed by atoms with van der Waals surface area (Å²) in [6.07, 6.45) is 10.8. The van der Waals surface area contributed by atoms with Crippen molar-refractivity contribution in [1.82, 2.24) is 10.6 Å². The molecule has 1 aliphatic carbocycles. The largest absolute Gasteiger partial charge is 0.353 e. The van der Waals surface area contributed by atoms with E-state index in [1.54, 1.807) is 11.8 Å². The lowest BCUT2D eigenvalue weighted by Gasteiger charge is -2.17. The minimum atomic E-state index is -0.356. The predicted octanol–water partition coefficient (Wildman–Crippen LogP) is 1.50. The fourth-order valence-electron chi connectivity index (χ4n) is 2.45. The molecular weight excluding hydrogens is 258 g/mol. The van der Waals surface area contributed by atoms with Crippen LogP contribution in [0.3, 0.4) is 0 Å². The molecule has 1 rings (SSSR count).